The molecular weight excluding hydrogens is 208 g/mol. The van der Waals surface area contributed by atoms with Gasteiger partial charge in [0.1, 0.15) is 0 Å². The highest BCUT2D eigenvalue weighted by Gasteiger charge is 2.35. The number of rotatable bonds is 6. The molecule has 2 nitrogen and oxygen atoms in total. The van der Waals surface area contributed by atoms with E-state index < -0.39 is 0 Å². The molecule has 2 atom stereocenters. The van der Waals surface area contributed by atoms with Gasteiger partial charge >= 0.3 is 0 Å². The standard InChI is InChI=1S/C15H30N2/c1-2-3-9-14(12-16)17-11-6-10-15(17)13-7-4-5-8-13/h13-15H,2-12,16H2,1H3. The zero-order chi connectivity index (χ0) is 12.1. The van der Waals surface area contributed by atoms with Gasteiger partial charge in [0.15, 0.2) is 0 Å². The lowest BCUT2D eigenvalue weighted by atomic mass is 9.94. The number of nitrogens with zero attached hydrogens (tertiary/aromatic N) is 1. The lowest BCUT2D eigenvalue weighted by Gasteiger charge is -2.35. The smallest absolute Gasteiger partial charge is 0.0221 e. The monoisotopic (exact) mass is 238 g/mol. The summed E-state index contributed by atoms with van der Waals surface area (Å²) in [6.45, 7) is 4.46. The minimum atomic E-state index is 0.669. The molecule has 0 radical (unpaired) electrons. The highest BCUT2D eigenvalue weighted by molar-refractivity contribution is 4.91. The number of unbranched alkanes of at least 4 members (excludes halogenated alkanes) is 1. The maximum absolute atomic E-state index is 6.01. The van der Waals surface area contributed by atoms with Crippen molar-refractivity contribution in [2.45, 2.75) is 76.8 Å². The molecule has 1 saturated heterocycles. The molecule has 1 heterocycles. The van der Waals surface area contributed by atoms with Gasteiger partial charge in [0, 0.05) is 18.6 Å². The fourth-order valence-electron chi connectivity index (χ4n) is 3.98. The van der Waals surface area contributed by atoms with Crippen LogP contribution >= 0.6 is 0 Å². The van der Waals surface area contributed by atoms with Gasteiger partial charge in [0.05, 0.1) is 0 Å². The van der Waals surface area contributed by atoms with E-state index in [-0.39, 0.29) is 0 Å². The molecule has 1 aliphatic heterocycles. The molecule has 2 heteroatoms. The van der Waals surface area contributed by atoms with Crippen molar-refractivity contribution in [2.75, 3.05) is 13.1 Å². The summed E-state index contributed by atoms with van der Waals surface area (Å²) in [5.74, 6) is 0.994. The Morgan fingerprint density at radius 3 is 2.59 bits per heavy atom. The maximum Gasteiger partial charge on any atom is 0.0221 e. The van der Waals surface area contributed by atoms with Crippen molar-refractivity contribution in [3.8, 4) is 0 Å². The summed E-state index contributed by atoms with van der Waals surface area (Å²) in [5, 5.41) is 0. The van der Waals surface area contributed by atoms with Crippen molar-refractivity contribution < 1.29 is 0 Å². The molecule has 2 unspecified atom stereocenters. The summed E-state index contributed by atoms with van der Waals surface area (Å²) < 4.78 is 0. The number of hydrogen-bond acceptors (Lipinski definition) is 2. The fraction of sp³-hybridized carbons (Fsp3) is 1.00. The molecule has 0 bridgehead atoms. The van der Waals surface area contributed by atoms with Crippen molar-refractivity contribution in [3.63, 3.8) is 0 Å². The molecule has 0 spiro atoms. The first-order chi connectivity index (χ1) is 8.36. The Bertz CT molecular complexity index is 211. The molecule has 0 aromatic heterocycles. The third-order valence-electron chi connectivity index (χ3n) is 4.92. The Hall–Kier alpha value is -0.0800. The Labute approximate surface area is 107 Å². The third-order valence-corrected chi connectivity index (χ3v) is 4.92. The van der Waals surface area contributed by atoms with Gasteiger partial charge in [-0.1, -0.05) is 32.6 Å². The molecule has 2 fully saturated rings. The highest BCUT2D eigenvalue weighted by Crippen LogP contribution is 2.36. The normalized spacial score (nSPS) is 28.9. The van der Waals surface area contributed by atoms with Gasteiger partial charge in [-0.3, -0.25) is 4.90 Å². The van der Waals surface area contributed by atoms with Crippen LogP contribution in [0.1, 0.15) is 64.7 Å². The van der Waals surface area contributed by atoms with E-state index in [4.69, 9.17) is 5.73 Å². The topological polar surface area (TPSA) is 29.3 Å². The van der Waals surface area contributed by atoms with Crippen LogP contribution < -0.4 is 5.73 Å². The summed E-state index contributed by atoms with van der Waals surface area (Å²) in [7, 11) is 0. The van der Waals surface area contributed by atoms with Crippen molar-refractivity contribution in [1.29, 1.82) is 0 Å². The number of likely N-dealkylation sites (tertiary alicyclic amines) is 1. The van der Waals surface area contributed by atoms with Crippen LogP contribution in [0.5, 0.6) is 0 Å². The predicted octanol–water partition coefficient (Wildman–Crippen LogP) is 3.16. The van der Waals surface area contributed by atoms with Gasteiger partial charge < -0.3 is 5.73 Å². The van der Waals surface area contributed by atoms with Gasteiger partial charge in [-0.05, 0) is 44.6 Å². The van der Waals surface area contributed by atoms with Gasteiger partial charge in [-0.15, -0.1) is 0 Å². The predicted molar refractivity (Wildman–Crippen MR) is 74.1 cm³/mol. The lowest BCUT2D eigenvalue weighted by Crippen LogP contribution is -2.46. The van der Waals surface area contributed by atoms with Gasteiger partial charge in [0.25, 0.3) is 0 Å². The van der Waals surface area contributed by atoms with Crippen LogP contribution in [0.25, 0.3) is 0 Å². The molecule has 0 aromatic carbocycles. The van der Waals surface area contributed by atoms with Gasteiger partial charge in [-0.2, -0.15) is 0 Å². The molecule has 2 N–H and O–H groups in total. The molecule has 17 heavy (non-hydrogen) atoms. The van der Waals surface area contributed by atoms with Gasteiger partial charge in [0.2, 0.25) is 0 Å². The summed E-state index contributed by atoms with van der Waals surface area (Å²) in [6.07, 6.45) is 12.7. The van der Waals surface area contributed by atoms with Crippen molar-refractivity contribution in [2.24, 2.45) is 11.7 Å². The van der Waals surface area contributed by atoms with E-state index >= 15 is 0 Å². The average molecular weight is 238 g/mol. The maximum atomic E-state index is 6.01. The van der Waals surface area contributed by atoms with Crippen molar-refractivity contribution in [3.05, 3.63) is 0 Å². The molecule has 100 valence electrons. The van der Waals surface area contributed by atoms with Crippen LogP contribution in [0.2, 0.25) is 0 Å². The Kier molecular flexibility index (Phi) is 5.30. The van der Waals surface area contributed by atoms with Crippen LogP contribution in [0.15, 0.2) is 0 Å². The molecule has 1 aliphatic carbocycles. The van der Waals surface area contributed by atoms with Crippen molar-refractivity contribution in [1.82, 2.24) is 4.90 Å². The Balaban J connectivity index is 1.91. The van der Waals surface area contributed by atoms with E-state index in [2.05, 4.69) is 11.8 Å². The minimum absolute atomic E-state index is 0.669. The number of hydrogen-bond donors (Lipinski definition) is 1. The highest BCUT2D eigenvalue weighted by atomic mass is 15.2. The van der Waals surface area contributed by atoms with Crippen LogP contribution in [-0.2, 0) is 0 Å². The zero-order valence-electron chi connectivity index (χ0n) is 11.5. The van der Waals surface area contributed by atoms with E-state index in [1.54, 1.807) is 0 Å². The quantitative estimate of drug-likeness (QED) is 0.770. The molecule has 2 aliphatic rings. The van der Waals surface area contributed by atoms with E-state index in [0.29, 0.717) is 6.04 Å². The first kappa shape index (κ1) is 13.4. The summed E-state index contributed by atoms with van der Waals surface area (Å²) in [4.78, 5) is 2.78. The minimum Gasteiger partial charge on any atom is -0.329 e. The second-order valence-corrected chi connectivity index (χ2v) is 6.02. The van der Waals surface area contributed by atoms with E-state index in [0.717, 1.165) is 18.5 Å². The summed E-state index contributed by atoms with van der Waals surface area (Å²) >= 11 is 0. The first-order valence-electron chi connectivity index (χ1n) is 7.82. The lowest BCUT2D eigenvalue weighted by molar-refractivity contribution is 0.130. The molecule has 2 rings (SSSR count). The van der Waals surface area contributed by atoms with E-state index in [1.165, 1.54) is 64.3 Å². The summed E-state index contributed by atoms with van der Waals surface area (Å²) in [6, 6.07) is 1.55. The third kappa shape index (κ3) is 3.23. The zero-order valence-corrected chi connectivity index (χ0v) is 11.5. The second-order valence-electron chi connectivity index (χ2n) is 6.02. The Morgan fingerprint density at radius 1 is 1.18 bits per heavy atom. The Morgan fingerprint density at radius 2 is 1.94 bits per heavy atom. The molecular formula is C15H30N2. The second kappa shape index (κ2) is 6.75. The van der Waals surface area contributed by atoms with Crippen LogP contribution in [0.3, 0.4) is 0 Å². The molecule has 1 saturated carbocycles. The summed E-state index contributed by atoms with van der Waals surface area (Å²) in [5.41, 5.74) is 6.01. The van der Waals surface area contributed by atoms with Crippen LogP contribution in [0, 0.1) is 5.92 Å². The fourth-order valence-corrected chi connectivity index (χ4v) is 3.98. The van der Waals surface area contributed by atoms with Crippen LogP contribution in [-0.4, -0.2) is 30.1 Å². The van der Waals surface area contributed by atoms with E-state index in [9.17, 15) is 0 Å². The molecule has 0 amide bonds. The van der Waals surface area contributed by atoms with Gasteiger partial charge in [-0.25, -0.2) is 0 Å². The average Bonchev–Trinajstić information content (AvgIpc) is 3.00. The number of nitrogens with two attached hydrogens (primary N) is 1. The first-order valence-corrected chi connectivity index (χ1v) is 7.82. The largest absolute Gasteiger partial charge is 0.329 e. The van der Waals surface area contributed by atoms with Crippen molar-refractivity contribution >= 4 is 0 Å². The van der Waals surface area contributed by atoms with E-state index in [1.807, 2.05) is 0 Å². The molecule has 0 aromatic rings. The van der Waals surface area contributed by atoms with Crippen LogP contribution in [0.4, 0.5) is 0 Å². The SMILES string of the molecule is CCCCC(CN)N1CCCC1C1CCCC1.